The van der Waals surface area contributed by atoms with Crippen LogP contribution in [0.3, 0.4) is 0 Å². The first-order valence-electron chi connectivity index (χ1n) is 10.0. The molecule has 6 nitrogen and oxygen atoms in total. The van der Waals surface area contributed by atoms with Crippen LogP contribution >= 0.6 is 12.2 Å². The van der Waals surface area contributed by atoms with Gasteiger partial charge in [-0.05, 0) is 56.2 Å². The standard InChI is InChI=1S/C22H26N4O2S/c1-2-28-19-11-7-6-10-18(19)24-21(29)25-14-12-22(13-15-25)20(27)23-16-26(22)17-8-4-3-5-9-17/h3-11H,2,12-16H2,1H3,(H,23,27)(H,24,29). The quantitative estimate of drug-likeness (QED) is 0.755. The molecule has 7 heteroatoms. The summed E-state index contributed by atoms with van der Waals surface area (Å²) in [6, 6.07) is 17.9. The van der Waals surface area contributed by atoms with Gasteiger partial charge in [0.15, 0.2) is 5.11 Å². The Bertz CT molecular complexity index is 881. The summed E-state index contributed by atoms with van der Waals surface area (Å²) in [5.41, 5.74) is 1.44. The van der Waals surface area contributed by atoms with Crippen LogP contribution in [0.5, 0.6) is 5.75 Å². The molecule has 2 aromatic rings. The minimum absolute atomic E-state index is 0.113. The second-order valence-corrected chi connectivity index (χ2v) is 7.69. The molecular formula is C22H26N4O2S. The number of anilines is 2. The summed E-state index contributed by atoms with van der Waals surface area (Å²) in [6.07, 6.45) is 1.45. The maximum Gasteiger partial charge on any atom is 0.247 e. The third-order valence-electron chi connectivity index (χ3n) is 5.71. The lowest BCUT2D eigenvalue weighted by molar-refractivity contribution is -0.124. The molecule has 0 radical (unpaired) electrons. The number of hydrogen-bond acceptors (Lipinski definition) is 4. The molecule has 1 spiro atoms. The average molecular weight is 411 g/mol. The van der Waals surface area contributed by atoms with Crippen LogP contribution in [0.15, 0.2) is 54.6 Å². The molecule has 29 heavy (non-hydrogen) atoms. The Morgan fingerprint density at radius 1 is 1.14 bits per heavy atom. The number of amides is 1. The normalized spacial score (nSPS) is 17.9. The molecule has 2 aliphatic rings. The molecule has 2 fully saturated rings. The maximum absolute atomic E-state index is 12.8. The van der Waals surface area contributed by atoms with Crippen LogP contribution in [0.2, 0.25) is 0 Å². The first kappa shape index (κ1) is 19.5. The van der Waals surface area contributed by atoms with E-state index in [1.807, 2.05) is 49.4 Å². The van der Waals surface area contributed by atoms with E-state index in [-0.39, 0.29) is 5.91 Å². The Morgan fingerprint density at radius 2 is 1.83 bits per heavy atom. The highest BCUT2D eigenvalue weighted by molar-refractivity contribution is 7.80. The summed E-state index contributed by atoms with van der Waals surface area (Å²) in [7, 11) is 0. The molecule has 0 aliphatic carbocycles. The monoisotopic (exact) mass is 410 g/mol. The fourth-order valence-corrected chi connectivity index (χ4v) is 4.45. The lowest BCUT2D eigenvalue weighted by Gasteiger charge is -2.44. The second kappa shape index (κ2) is 8.29. The predicted molar refractivity (Wildman–Crippen MR) is 119 cm³/mol. The zero-order valence-corrected chi connectivity index (χ0v) is 17.4. The van der Waals surface area contributed by atoms with Gasteiger partial charge in [0.05, 0.1) is 19.0 Å². The van der Waals surface area contributed by atoms with Gasteiger partial charge in [-0.2, -0.15) is 0 Å². The zero-order valence-electron chi connectivity index (χ0n) is 16.6. The molecule has 0 aromatic heterocycles. The van der Waals surface area contributed by atoms with Crippen molar-refractivity contribution in [2.45, 2.75) is 25.3 Å². The van der Waals surface area contributed by atoms with Gasteiger partial charge < -0.3 is 25.2 Å². The van der Waals surface area contributed by atoms with Crippen molar-refractivity contribution in [1.29, 1.82) is 0 Å². The number of hydrogen-bond donors (Lipinski definition) is 2. The summed E-state index contributed by atoms with van der Waals surface area (Å²) in [5, 5.41) is 7.02. The highest BCUT2D eigenvalue weighted by Gasteiger charge is 2.50. The second-order valence-electron chi connectivity index (χ2n) is 7.31. The Labute approximate surface area is 176 Å². The predicted octanol–water partition coefficient (Wildman–Crippen LogP) is 3.21. The number of nitrogens with zero attached hydrogens (tertiary/aromatic N) is 2. The summed E-state index contributed by atoms with van der Waals surface area (Å²) in [5.74, 6) is 0.901. The Kier molecular flexibility index (Phi) is 5.58. The van der Waals surface area contributed by atoms with E-state index in [0.29, 0.717) is 18.4 Å². The number of likely N-dealkylation sites (tertiary alicyclic amines) is 1. The number of ether oxygens (including phenoxy) is 1. The summed E-state index contributed by atoms with van der Waals surface area (Å²) < 4.78 is 5.68. The number of rotatable bonds is 4. The lowest BCUT2D eigenvalue weighted by atomic mass is 9.86. The summed E-state index contributed by atoms with van der Waals surface area (Å²) in [6.45, 7) is 4.55. The fraction of sp³-hybridized carbons (Fsp3) is 0.364. The molecule has 2 heterocycles. The van der Waals surface area contributed by atoms with E-state index in [0.717, 1.165) is 43.1 Å². The molecule has 0 bridgehead atoms. The van der Waals surface area contributed by atoms with Crippen molar-refractivity contribution in [3.63, 3.8) is 0 Å². The Balaban J connectivity index is 1.45. The topological polar surface area (TPSA) is 56.8 Å². The van der Waals surface area contributed by atoms with Crippen molar-refractivity contribution in [3.05, 3.63) is 54.6 Å². The van der Waals surface area contributed by atoms with Crippen molar-refractivity contribution < 1.29 is 9.53 Å². The van der Waals surface area contributed by atoms with Crippen LogP contribution in [0.4, 0.5) is 11.4 Å². The van der Waals surface area contributed by atoms with Crippen LogP contribution in [0.25, 0.3) is 0 Å². The van der Waals surface area contributed by atoms with Crippen molar-refractivity contribution in [2.75, 3.05) is 36.6 Å². The van der Waals surface area contributed by atoms with Crippen molar-refractivity contribution >= 4 is 34.6 Å². The SMILES string of the molecule is CCOc1ccccc1NC(=S)N1CCC2(CC1)C(=O)NCN2c1ccccc1. The Hall–Kier alpha value is -2.80. The summed E-state index contributed by atoms with van der Waals surface area (Å²) in [4.78, 5) is 17.1. The van der Waals surface area contributed by atoms with Crippen molar-refractivity contribution in [2.24, 2.45) is 0 Å². The number of nitrogens with one attached hydrogen (secondary N) is 2. The molecule has 1 amide bonds. The van der Waals surface area contributed by atoms with E-state index in [4.69, 9.17) is 17.0 Å². The van der Waals surface area contributed by atoms with Gasteiger partial charge in [-0.3, -0.25) is 4.79 Å². The van der Waals surface area contributed by atoms with E-state index in [1.165, 1.54) is 0 Å². The van der Waals surface area contributed by atoms with Crippen LogP contribution in [-0.4, -0.2) is 47.8 Å². The van der Waals surface area contributed by atoms with Crippen LogP contribution in [0.1, 0.15) is 19.8 Å². The van der Waals surface area contributed by atoms with Gasteiger partial charge in [0.1, 0.15) is 11.3 Å². The maximum atomic E-state index is 12.8. The smallest absolute Gasteiger partial charge is 0.247 e. The number of para-hydroxylation sites is 3. The van der Waals surface area contributed by atoms with Crippen LogP contribution in [0, 0.1) is 0 Å². The molecule has 2 aromatic carbocycles. The molecule has 0 saturated carbocycles. The third kappa shape index (κ3) is 3.74. The molecule has 0 atom stereocenters. The zero-order chi connectivity index (χ0) is 20.3. The van der Waals surface area contributed by atoms with Crippen LogP contribution in [-0.2, 0) is 4.79 Å². The number of piperidine rings is 1. The number of carbonyl (C=O) groups excluding carboxylic acids is 1. The van der Waals surface area contributed by atoms with E-state index in [9.17, 15) is 4.79 Å². The molecule has 2 aliphatic heterocycles. The molecule has 152 valence electrons. The van der Waals surface area contributed by atoms with Gasteiger partial charge in [-0.1, -0.05) is 30.3 Å². The van der Waals surface area contributed by atoms with Gasteiger partial charge in [-0.25, -0.2) is 0 Å². The fourth-order valence-electron chi connectivity index (χ4n) is 4.16. The molecule has 4 rings (SSSR count). The van der Waals surface area contributed by atoms with E-state index in [1.54, 1.807) is 0 Å². The summed E-state index contributed by atoms with van der Waals surface area (Å²) >= 11 is 5.66. The largest absolute Gasteiger partial charge is 0.492 e. The van der Waals surface area contributed by atoms with Gasteiger partial charge in [0, 0.05) is 18.8 Å². The number of thiocarbonyl (C=S) groups is 1. The highest BCUT2D eigenvalue weighted by atomic mass is 32.1. The minimum Gasteiger partial charge on any atom is -0.492 e. The molecule has 0 unspecified atom stereocenters. The van der Waals surface area contributed by atoms with Gasteiger partial charge in [-0.15, -0.1) is 0 Å². The van der Waals surface area contributed by atoms with E-state index >= 15 is 0 Å². The van der Waals surface area contributed by atoms with E-state index in [2.05, 4.69) is 32.6 Å². The van der Waals surface area contributed by atoms with Gasteiger partial charge >= 0.3 is 0 Å². The Morgan fingerprint density at radius 3 is 2.55 bits per heavy atom. The average Bonchev–Trinajstić information content (AvgIpc) is 3.06. The molecule has 2 N–H and O–H groups in total. The van der Waals surface area contributed by atoms with Gasteiger partial charge in [0.25, 0.3) is 0 Å². The first-order chi connectivity index (χ1) is 14.1. The third-order valence-corrected chi connectivity index (χ3v) is 6.07. The highest BCUT2D eigenvalue weighted by Crippen LogP contribution is 2.36. The van der Waals surface area contributed by atoms with Crippen molar-refractivity contribution in [1.82, 2.24) is 10.2 Å². The van der Waals surface area contributed by atoms with Gasteiger partial charge in [0.2, 0.25) is 5.91 Å². The minimum atomic E-state index is -0.503. The lowest BCUT2D eigenvalue weighted by Crippen LogP contribution is -2.57. The first-order valence-corrected chi connectivity index (χ1v) is 10.4. The van der Waals surface area contributed by atoms with Crippen molar-refractivity contribution in [3.8, 4) is 5.75 Å². The number of carbonyl (C=O) groups is 1. The number of benzene rings is 2. The van der Waals surface area contributed by atoms with Crippen LogP contribution < -0.4 is 20.3 Å². The molecular weight excluding hydrogens is 384 g/mol. The molecule has 2 saturated heterocycles. The van der Waals surface area contributed by atoms with E-state index < -0.39 is 5.54 Å².